The molecule has 18 heavy (non-hydrogen) atoms. The molecule has 1 atom stereocenters. The summed E-state index contributed by atoms with van der Waals surface area (Å²) in [5, 5.41) is 11.1. The molecule has 2 heteroatoms. The fourth-order valence-corrected chi connectivity index (χ4v) is 2.66. The minimum Gasteiger partial charge on any atom is -0.388 e. The van der Waals surface area contributed by atoms with E-state index < -0.39 is 6.10 Å². The van der Waals surface area contributed by atoms with E-state index >= 15 is 0 Å². The largest absolute Gasteiger partial charge is 0.388 e. The topological polar surface area (TPSA) is 20.2 Å². The lowest BCUT2D eigenvalue weighted by molar-refractivity contribution is 0.178. The van der Waals surface area contributed by atoms with Crippen LogP contribution in [0.1, 0.15) is 28.4 Å². The summed E-state index contributed by atoms with van der Waals surface area (Å²) in [6, 6.07) is 13.7. The standard InChI is InChI=1S/C16H13ClO/c17-15-7-3-5-12-10-16(18)14-6-2-1-4-11(14)8-9-13(12)15/h1-9,16,18H,10H2/b9-8-. The Morgan fingerprint density at radius 1 is 1.00 bits per heavy atom. The van der Waals surface area contributed by atoms with Crippen molar-refractivity contribution in [3.05, 3.63) is 69.7 Å². The van der Waals surface area contributed by atoms with Gasteiger partial charge in [-0.3, -0.25) is 0 Å². The van der Waals surface area contributed by atoms with E-state index in [1.165, 1.54) is 0 Å². The monoisotopic (exact) mass is 256 g/mol. The Morgan fingerprint density at radius 3 is 2.72 bits per heavy atom. The van der Waals surface area contributed by atoms with Crippen LogP contribution in [0.15, 0.2) is 42.5 Å². The van der Waals surface area contributed by atoms with E-state index in [9.17, 15) is 5.11 Å². The molecule has 0 amide bonds. The molecule has 0 heterocycles. The first kappa shape index (κ1) is 11.5. The molecule has 1 N–H and O–H groups in total. The molecule has 3 rings (SSSR count). The zero-order chi connectivity index (χ0) is 12.5. The van der Waals surface area contributed by atoms with Gasteiger partial charge in [0.25, 0.3) is 0 Å². The van der Waals surface area contributed by atoms with Crippen LogP contribution < -0.4 is 0 Å². The fourth-order valence-electron chi connectivity index (χ4n) is 2.40. The van der Waals surface area contributed by atoms with Gasteiger partial charge in [-0.15, -0.1) is 0 Å². The van der Waals surface area contributed by atoms with Gasteiger partial charge in [-0.25, -0.2) is 0 Å². The van der Waals surface area contributed by atoms with Crippen LogP contribution in [0.4, 0.5) is 0 Å². The van der Waals surface area contributed by atoms with Crippen molar-refractivity contribution >= 4 is 23.8 Å². The van der Waals surface area contributed by atoms with Gasteiger partial charge >= 0.3 is 0 Å². The van der Waals surface area contributed by atoms with E-state index in [1.807, 2.05) is 54.6 Å². The number of benzene rings is 2. The number of fused-ring (bicyclic) bond motifs is 2. The van der Waals surface area contributed by atoms with E-state index in [0.29, 0.717) is 6.42 Å². The minimum absolute atomic E-state index is 0.483. The van der Waals surface area contributed by atoms with Crippen molar-refractivity contribution in [1.82, 2.24) is 0 Å². The first-order valence-corrected chi connectivity index (χ1v) is 6.36. The maximum atomic E-state index is 10.3. The molecule has 1 aliphatic rings. The Labute approximate surface area is 111 Å². The predicted octanol–water partition coefficient (Wildman–Crippen LogP) is 4.10. The molecule has 0 saturated heterocycles. The Balaban J connectivity index is 2.19. The van der Waals surface area contributed by atoms with Crippen molar-refractivity contribution in [1.29, 1.82) is 0 Å². The van der Waals surface area contributed by atoms with Crippen molar-refractivity contribution in [3.8, 4) is 0 Å². The zero-order valence-corrected chi connectivity index (χ0v) is 10.6. The van der Waals surface area contributed by atoms with Crippen LogP contribution in [0.25, 0.3) is 12.2 Å². The van der Waals surface area contributed by atoms with E-state index in [2.05, 4.69) is 0 Å². The molecule has 0 aromatic heterocycles. The van der Waals surface area contributed by atoms with Crippen molar-refractivity contribution in [2.75, 3.05) is 0 Å². The minimum atomic E-state index is -0.483. The second-order valence-electron chi connectivity index (χ2n) is 4.49. The average Bonchev–Trinajstić information content (AvgIpc) is 2.36. The predicted molar refractivity (Wildman–Crippen MR) is 75.5 cm³/mol. The van der Waals surface area contributed by atoms with E-state index in [4.69, 9.17) is 11.6 Å². The van der Waals surface area contributed by atoms with Crippen molar-refractivity contribution in [2.24, 2.45) is 0 Å². The Morgan fingerprint density at radius 2 is 1.83 bits per heavy atom. The summed E-state index contributed by atoms with van der Waals surface area (Å²) in [7, 11) is 0. The zero-order valence-electron chi connectivity index (χ0n) is 9.81. The van der Waals surface area contributed by atoms with Gasteiger partial charge in [0.2, 0.25) is 0 Å². The quantitative estimate of drug-likeness (QED) is 0.752. The van der Waals surface area contributed by atoms with Crippen LogP contribution >= 0.6 is 11.6 Å². The van der Waals surface area contributed by atoms with Gasteiger partial charge < -0.3 is 5.11 Å². The molecule has 90 valence electrons. The van der Waals surface area contributed by atoms with Gasteiger partial charge in [-0.1, -0.05) is 60.2 Å². The van der Waals surface area contributed by atoms with E-state index in [0.717, 1.165) is 27.3 Å². The van der Waals surface area contributed by atoms with Gasteiger partial charge in [0, 0.05) is 11.4 Å². The molecule has 0 bridgehead atoms. The van der Waals surface area contributed by atoms with E-state index in [-0.39, 0.29) is 0 Å². The Kier molecular flexibility index (Phi) is 2.94. The van der Waals surface area contributed by atoms with Crippen molar-refractivity contribution < 1.29 is 5.11 Å². The van der Waals surface area contributed by atoms with E-state index in [1.54, 1.807) is 0 Å². The number of hydrogen-bond donors (Lipinski definition) is 1. The van der Waals surface area contributed by atoms with Crippen LogP contribution in [0.5, 0.6) is 0 Å². The molecule has 2 aromatic carbocycles. The first-order valence-electron chi connectivity index (χ1n) is 5.98. The SMILES string of the molecule is OC1Cc2cccc(Cl)c2/C=C\c2ccccc21. The highest BCUT2D eigenvalue weighted by Gasteiger charge is 2.16. The summed E-state index contributed by atoms with van der Waals surface area (Å²) >= 11 is 6.21. The lowest BCUT2D eigenvalue weighted by Gasteiger charge is -2.18. The van der Waals surface area contributed by atoms with Crippen LogP contribution in [-0.4, -0.2) is 5.11 Å². The Hall–Kier alpha value is -1.57. The number of aliphatic hydroxyl groups is 1. The summed E-state index contributed by atoms with van der Waals surface area (Å²) in [6.45, 7) is 0. The van der Waals surface area contributed by atoms with Crippen LogP contribution in [0, 0.1) is 0 Å². The molecule has 1 aliphatic carbocycles. The van der Waals surface area contributed by atoms with Gasteiger partial charge in [0.1, 0.15) is 0 Å². The highest BCUT2D eigenvalue weighted by Crippen LogP contribution is 2.31. The smallest absolute Gasteiger partial charge is 0.0836 e. The highest BCUT2D eigenvalue weighted by atomic mass is 35.5. The normalized spacial score (nSPS) is 19.3. The summed E-state index contributed by atoms with van der Waals surface area (Å²) in [5.41, 5.74) is 4.11. The van der Waals surface area contributed by atoms with Crippen LogP contribution in [-0.2, 0) is 6.42 Å². The van der Waals surface area contributed by atoms with Crippen LogP contribution in [0.3, 0.4) is 0 Å². The number of hydrogen-bond acceptors (Lipinski definition) is 1. The molecule has 0 radical (unpaired) electrons. The van der Waals surface area contributed by atoms with Gasteiger partial charge in [-0.2, -0.15) is 0 Å². The maximum absolute atomic E-state index is 10.3. The third kappa shape index (κ3) is 1.96. The molecule has 1 nitrogen and oxygen atoms in total. The molecular formula is C16H13ClO. The van der Waals surface area contributed by atoms with Crippen molar-refractivity contribution in [2.45, 2.75) is 12.5 Å². The molecular weight excluding hydrogens is 244 g/mol. The molecule has 0 fully saturated rings. The summed E-state index contributed by atoms with van der Waals surface area (Å²) in [4.78, 5) is 0. The van der Waals surface area contributed by atoms with Crippen molar-refractivity contribution in [3.63, 3.8) is 0 Å². The second-order valence-corrected chi connectivity index (χ2v) is 4.90. The molecule has 0 aliphatic heterocycles. The third-order valence-electron chi connectivity index (χ3n) is 3.34. The molecule has 1 unspecified atom stereocenters. The van der Waals surface area contributed by atoms with Gasteiger partial charge in [0.15, 0.2) is 0 Å². The Bertz CT molecular complexity index is 616. The molecule has 2 aromatic rings. The third-order valence-corrected chi connectivity index (χ3v) is 3.67. The number of rotatable bonds is 0. The summed E-state index contributed by atoms with van der Waals surface area (Å²) < 4.78 is 0. The van der Waals surface area contributed by atoms with Gasteiger partial charge in [0.05, 0.1) is 6.10 Å². The maximum Gasteiger partial charge on any atom is 0.0836 e. The summed E-state index contributed by atoms with van der Waals surface area (Å²) in [6.07, 6.45) is 4.16. The fraction of sp³-hybridized carbons (Fsp3) is 0.125. The number of aliphatic hydroxyl groups excluding tert-OH is 1. The summed E-state index contributed by atoms with van der Waals surface area (Å²) in [5.74, 6) is 0. The second kappa shape index (κ2) is 4.60. The lowest BCUT2D eigenvalue weighted by atomic mass is 9.91. The highest BCUT2D eigenvalue weighted by molar-refractivity contribution is 6.32. The number of halogens is 1. The molecule has 0 saturated carbocycles. The van der Waals surface area contributed by atoms with Gasteiger partial charge in [-0.05, 0) is 28.3 Å². The lowest BCUT2D eigenvalue weighted by Crippen LogP contribution is -2.06. The van der Waals surface area contributed by atoms with Crippen LogP contribution in [0.2, 0.25) is 5.02 Å². The molecule has 0 spiro atoms. The first-order chi connectivity index (χ1) is 8.75. The average molecular weight is 257 g/mol.